The molecular formula is C14H26N4O. The van der Waals surface area contributed by atoms with Gasteiger partial charge in [0, 0.05) is 18.8 Å². The lowest BCUT2D eigenvalue weighted by molar-refractivity contribution is -0.133. The van der Waals surface area contributed by atoms with Gasteiger partial charge < -0.3 is 10.6 Å². The van der Waals surface area contributed by atoms with E-state index in [0.717, 1.165) is 11.4 Å². The second-order valence-electron chi connectivity index (χ2n) is 5.86. The lowest BCUT2D eigenvalue weighted by Crippen LogP contribution is -2.43. The molecule has 1 amide bonds. The molecule has 0 bridgehead atoms. The number of nitrogens with two attached hydrogens (primary N) is 1. The van der Waals surface area contributed by atoms with Gasteiger partial charge in [-0.1, -0.05) is 13.8 Å². The molecule has 0 radical (unpaired) electrons. The highest BCUT2D eigenvalue weighted by Crippen LogP contribution is 2.15. The summed E-state index contributed by atoms with van der Waals surface area (Å²) in [5, 5.41) is 4.33. The molecule has 2 N–H and O–H groups in total. The van der Waals surface area contributed by atoms with Crippen LogP contribution in [0.15, 0.2) is 6.07 Å². The molecule has 0 spiro atoms. The van der Waals surface area contributed by atoms with Gasteiger partial charge in [-0.25, -0.2) is 0 Å². The van der Waals surface area contributed by atoms with Gasteiger partial charge in [-0.2, -0.15) is 5.10 Å². The minimum atomic E-state index is -0.0548. The molecule has 1 aromatic rings. The predicted octanol–water partition coefficient (Wildman–Crippen LogP) is 1.33. The van der Waals surface area contributed by atoms with Crippen LogP contribution in [0.4, 0.5) is 0 Å². The van der Waals surface area contributed by atoms with Gasteiger partial charge in [0.05, 0.1) is 5.69 Å². The minimum Gasteiger partial charge on any atom is -0.341 e. The van der Waals surface area contributed by atoms with E-state index in [1.807, 2.05) is 31.7 Å². The Hall–Kier alpha value is -1.36. The highest BCUT2D eigenvalue weighted by molar-refractivity contribution is 5.76. The molecule has 19 heavy (non-hydrogen) atoms. The van der Waals surface area contributed by atoms with Gasteiger partial charge >= 0.3 is 0 Å². The first-order valence-corrected chi connectivity index (χ1v) is 6.78. The number of amides is 1. The van der Waals surface area contributed by atoms with E-state index in [1.54, 1.807) is 4.68 Å². The van der Waals surface area contributed by atoms with Crippen LogP contribution in [-0.4, -0.2) is 40.2 Å². The first kappa shape index (κ1) is 15.7. The summed E-state index contributed by atoms with van der Waals surface area (Å²) in [6.45, 7) is 12.3. The van der Waals surface area contributed by atoms with Gasteiger partial charge in [0.2, 0.25) is 5.91 Å². The standard InChI is InChI=1S/C14H26N4O/c1-6-17(10-14(4,5)9-15)13(19)8-18-12(3)7-11(2)16-18/h7H,6,8-10,15H2,1-5H3. The highest BCUT2D eigenvalue weighted by Gasteiger charge is 2.23. The summed E-state index contributed by atoms with van der Waals surface area (Å²) in [5.41, 5.74) is 7.63. The Morgan fingerprint density at radius 3 is 2.53 bits per heavy atom. The van der Waals surface area contributed by atoms with Gasteiger partial charge in [0.25, 0.3) is 0 Å². The molecule has 5 nitrogen and oxygen atoms in total. The maximum Gasteiger partial charge on any atom is 0.244 e. The third-order valence-electron chi connectivity index (χ3n) is 3.29. The second-order valence-corrected chi connectivity index (χ2v) is 5.86. The SMILES string of the molecule is CCN(CC(C)(C)CN)C(=O)Cn1nc(C)cc1C. The Bertz CT molecular complexity index is 437. The molecule has 1 aromatic heterocycles. The largest absolute Gasteiger partial charge is 0.341 e. The Morgan fingerprint density at radius 2 is 2.11 bits per heavy atom. The van der Waals surface area contributed by atoms with Crippen LogP contribution in [0.2, 0.25) is 0 Å². The summed E-state index contributed by atoms with van der Waals surface area (Å²) in [6.07, 6.45) is 0. The van der Waals surface area contributed by atoms with Gasteiger partial charge in [-0.15, -0.1) is 0 Å². The summed E-state index contributed by atoms with van der Waals surface area (Å²) in [7, 11) is 0. The van der Waals surface area contributed by atoms with Crippen molar-refractivity contribution in [2.75, 3.05) is 19.6 Å². The maximum atomic E-state index is 12.3. The van der Waals surface area contributed by atoms with Crippen molar-refractivity contribution in [3.63, 3.8) is 0 Å². The van der Waals surface area contributed by atoms with Crippen molar-refractivity contribution in [2.45, 2.75) is 41.2 Å². The number of hydrogen-bond donors (Lipinski definition) is 1. The number of rotatable bonds is 6. The molecule has 1 rings (SSSR count). The summed E-state index contributed by atoms with van der Waals surface area (Å²) in [4.78, 5) is 14.2. The van der Waals surface area contributed by atoms with E-state index < -0.39 is 0 Å². The van der Waals surface area contributed by atoms with E-state index >= 15 is 0 Å². The molecule has 0 saturated carbocycles. The molecule has 0 aliphatic rings. The van der Waals surface area contributed by atoms with Crippen LogP contribution in [0.1, 0.15) is 32.2 Å². The van der Waals surface area contributed by atoms with Crippen LogP contribution < -0.4 is 5.73 Å². The van der Waals surface area contributed by atoms with E-state index in [-0.39, 0.29) is 11.3 Å². The first-order valence-electron chi connectivity index (χ1n) is 6.78. The van der Waals surface area contributed by atoms with Crippen LogP contribution in [-0.2, 0) is 11.3 Å². The molecule has 0 aromatic carbocycles. The van der Waals surface area contributed by atoms with E-state index in [1.165, 1.54) is 0 Å². The van der Waals surface area contributed by atoms with Gasteiger partial charge in [-0.05, 0) is 38.8 Å². The molecule has 1 heterocycles. The predicted molar refractivity (Wildman–Crippen MR) is 76.8 cm³/mol. The number of nitrogens with zero attached hydrogens (tertiary/aromatic N) is 3. The molecule has 0 atom stereocenters. The number of carbonyl (C=O) groups excluding carboxylic acids is 1. The number of likely N-dealkylation sites (N-methyl/N-ethyl adjacent to an activating group) is 1. The van der Waals surface area contributed by atoms with Crippen molar-refractivity contribution >= 4 is 5.91 Å². The zero-order valence-electron chi connectivity index (χ0n) is 12.7. The third-order valence-corrected chi connectivity index (χ3v) is 3.29. The van der Waals surface area contributed by atoms with Crippen LogP contribution in [0, 0.1) is 19.3 Å². The average Bonchev–Trinajstić information content (AvgIpc) is 2.64. The normalized spacial score (nSPS) is 11.7. The lowest BCUT2D eigenvalue weighted by Gasteiger charge is -2.31. The summed E-state index contributed by atoms with van der Waals surface area (Å²) in [5.74, 6) is 0.0928. The Balaban J connectivity index is 2.72. The van der Waals surface area contributed by atoms with Gasteiger partial charge in [-0.3, -0.25) is 9.48 Å². The topological polar surface area (TPSA) is 64.2 Å². The molecule has 5 heteroatoms. The molecule has 108 valence electrons. The fraction of sp³-hybridized carbons (Fsp3) is 0.714. The van der Waals surface area contributed by atoms with Crippen molar-refractivity contribution in [1.82, 2.24) is 14.7 Å². The van der Waals surface area contributed by atoms with Gasteiger partial charge in [0.15, 0.2) is 0 Å². The molecule has 0 aliphatic carbocycles. The minimum absolute atomic E-state index is 0.0548. The fourth-order valence-corrected chi connectivity index (χ4v) is 2.02. The molecule has 0 aliphatic heterocycles. The van der Waals surface area contributed by atoms with E-state index in [4.69, 9.17) is 5.73 Å². The Morgan fingerprint density at radius 1 is 1.47 bits per heavy atom. The smallest absolute Gasteiger partial charge is 0.244 e. The zero-order valence-corrected chi connectivity index (χ0v) is 12.7. The first-order chi connectivity index (χ1) is 8.79. The Kier molecular flexibility index (Phi) is 5.11. The van der Waals surface area contributed by atoms with Crippen molar-refractivity contribution in [3.05, 3.63) is 17.5 Å². The quantitative estimate of drug-likeness (QED) is 0.845. The van der Waals surface area contributed by atoms with Crippen molar-refractivity contribution < 1.29 is 4.79 Å². The molecule has 0 fully saturated rings. The van der Waals surface area contributed by atoms with Crippen molar-refractivity contribution in [3.8, 4) is 0 Å². The summed E-state index contributed by atoms with van der Waals surface area (Å²) < 4.78 is 1.76. The number of aryl methyl sites for hydroxylation is 2. The average molecular weight is 266 g/mol. The van der Waals surface area contributed by atoms with Crippen LogP contribution >= 0.6 is 0 Å². The van der Waals surface area contributed by atoms with E-state index in [2.05, 4.69) is 18.9 Å². The third kappa shape index (κ3) is 4.35. The molecular weight excluding hydrogens is 240 g/mol. The van der Waals surface area contributed by atoms with Crippen LogP contribution in [0.3, 0.4) is 0 Å². The zero-order chi connectivity index (χ0) is 14.6. The number of aromatic nitrogens is 2. The fourth-order valence-electron chi connectivity index (χ4n) is 2.02. The van der Waals surface area contributed by atoms with Gasteiger partial charge in [0.1, 0.15) is 6.54 Å². The summed E-state index contributed by atoms with van der Waals surface area (Å²) in [6, 6.07) is 1.98. The van der Waals surface area contributed by atoms with E-state index in [9.17, 15) is 4.79 Å². The van der Waals surface area contributed by atoms with Crippen molar-refractivity contribution in [1.29, 1.82) is 0 Å². The second kappa shape index (κ2) is 6.19. The van der Waals surface area contributed by atoms with E-state index in [0.29, 0.717) is 26.2 Å². The highest BCUT2D eigenvalue weighted by atomic mass is 16.2. The van der Waals surface area contributed by atoms with Crippen molar-refractivity contribution in [2.24, 2.45) is 11.1 Å². The molecule has 0 saturated heterocycles. The lowest BCUT2D eigenvalue weighted by atomic mass is 9.93. The number of carbonyl (C=O) groups is 1. The number of hydrogen-bond acceptors (Lipinski definition) is 3. The molecule has 0 unspecified atom stereocenters. The maximum absolute atomic E-state index is 12.3. The van der Waals surface area contributed by atoms with Crippen LogP contribution in [0.5, 0.6) is 0 Å². The Labute approximate surface area is 115 Å². The monoisotopic (exact) mass is 266 g/mol. The summed E-state index contributed by atoms with van der Waals surface area (Å²) >= 11 is 0. The van der Waals surface area contributed by atoms with Crippen LogP contribution in [0.25, 0.3) is 0 Å².